The molecule has 0 aliphatic heterocycles. The molecule has 0 bridgehead atoms. The molecule has 0 spiro atoms. The van der Waals surface area contributed by atoms with Gasteiger partial charge in [-0.25, -0.2) is 0 Å². The summed E-state index contributed by atoms with van der Waals surface area (Å²) in [7, 11) is 0. The lowest BCUT2D eigenvalue weighted by molar-refractivity contribution is -0.121. The molecule has 0 radical (unpaired) electrons. The number of carbonyl (C=O) groups excluding carboxylic acids is 2. The van der Waals surface area contributed by atoms with Crippen molar-refractivity contribution in [2.45, 2.75) is 52.4 Å². The Morgan fingerprint density at radius 2 is 1.73 bits per heavy atom. The molecule has 0 aliphatic rings. The molecule has 1 unspecified atom stereocenters. The van der Waals surface area contributed by atoms with Gasteiger partial charge in [-0.1, -0.05) is 28.8 Å². The molecular weight excluding hydrogens is 256 g/mol. The van der Waals surface area contributed by atoms with Crippen LogP contribution in [0, 0.1) is 5.92 Å². The molecule has 0 aromatic carbocycles. The van der Waals surface area contributed by atoms with E-state index in [1.807, 2.05) is 0 Å². The zero-order chi connectivity index (χ0) is 11.7. The van der Waals surface area contributed by atoms with Gasteiger partial charge in [0.1, 0.15) is 11.6 Å². The fraction of sp³-hybridized carbons (Fsp3) is 0.833. The SMILES string of the molecule is CC(=O)CCCCCC(CCBr)C(C)=O. The minimum atomic E-state index is 0.210. The van der Waals surface area contributed by atoms with E-state index in [1.165, 1.54) is 0 Å². The van der Waals surface area contributed by atoms with Gasteiger partial charge in [-0.3, -0.25) is 4.79 Å². The molecule has 0 saturated carbocycles. The van der Waals surface area contributed by atoms with E-state index in [4.69, 9.17) is 0 Å². The highest BCUT2D eigenvalue weighted by molar-refractivity contribution is 9.09. The van der Waals surface area contributed by atoms with Crippen molar-refractivity contribution in [1.29, 1.82) is 0 Å². The molecule has 0 saturated heterocycles. The lowest BCUT2D eigenvalue weighted by Gasteiger charge is -2.11. The summed E-state index contributed by atoms with van der Waals surface area (Å²) in [5.74, 6) is 0.765. The van der Waals surface area contributed by atoms with Crippen LogP contribution in [0.2, 0.25) is 0 Å². The first-order chi connectivity index (χ1) is 7.07. The quantitative estimate of drug-likeness (QED) is 0.477. The highest BCUT2D eigenvalue weighted by Gasteiger charge is 2.12. The van der Waals surface area contributed by atoms with Gasteiger partial charge in [0.2, 0.25) is 0 Å². The van der Waals surface area contributed by atoms with E-state index in [0.717, 1.165) is 37.4 Å². The van der Waals surface area contributed by atoms with Crippen LogP contribution in [0.25, 0.3) is 0 Å². The van der Waals surface area contributed by atoms with Gasteiger partial charge in [-0.15, -0.1) is 0 Å². The molecule has 15 heavy (non-hydrogen) atoms. The lowest BCUT2D eigenvalue weighted by atomic mass is 9.95. The topological polar surface area (TPSA) is 34.1 Å². The van der Waals surface area contributed by atoms with Gasteiger partial charge in [-0.2, -0.15) is 0 Å². The Bertz CT molecular complexity index is 202. The van der Waals surface area contributed by atoms with E-state index in [1.54, 1.807) is 13.8 Å². The third kappa shape index (κ3) is 8.79. The first-order valence-corrected chi connectivity index (χ1v) is 6.76. The minimum absolute atomic E-state index is 0.210. The Balaban J connectivity index is 3.53. The largest absolute Gasteiger partial charge is 0.300 e. The van der Waals surface area contributed by atoms with Crippen molar-refractivity contribution in [1.82, 2.24) is 0 Å². The van der Waals surface area contributed by atoms with E-state index in [0.29, 0.717) is 12.2 Å². The Hall–Kier alpha value is -0.180. The summed E-state index contributed by atoms with van der Waals surface area (Å²) in [5, 5.41) is 0.894. The molecule has 0 rings (SSSR count). The van der Waals surface area contributed by atoms with Gasteiger partial charge >= 0.3 is 0 Å². The average Bonchev–Trinajstić information content (AvgIpc) is 2.15. The van der Waals surface area contributed by atoms with Crippen LogP contribution in [0.1, 0.15) is 52.4 Å². The molecule has 2 nitrogen and oxygen atoms in total. The lowest BCUT2D eigenvalue weighted by Crippen LogP contribution is -2.11. The summed E-state index contributed by atoms with van der Waals surface area (Å²) in [6, 6.07) is 0. The molecule has 0 fully saturated rings. The summed E-state index contributed by atoms with van der Waals surface area (Å²) < 4.78 is 0. The Morgan fingerprint density at radius 3 is 2.20 bits per heavy atom. The Morgan fingerprint density at radius 1 is 1.07 bits per heavy atom. The molecule has 3 heteroatoms. The van der Waals surface area contributed by atoms with Crippen LogP contribution in [0.3, 0.4) is 0 Å². The molecule has 0 aliphatic carbocycles. The molecule has 88 valence electrons. The van der Waals surface area contributed by atoms with Gasteiger partial charge in [0.15, 0.2) is 0 Å². The Kier molecular flexibility index (Phi) is 8.97. The maximum absolute atomic E-state index is 11.2. The molecule has 0 aromatic heterocycles. The smallest absolute Gasteiger partial charge is 0.132 e. The third-order valence-corrected chi connectivity index (χ3v) is 3.07. The molecule has 0 heterocycles. The highest BCUT2D eigenvalue weighted by atomic mass is 79.9. The second kappa shape index (κ2) is 9.08. The van der Waals surface area contributed by atoms with Crippen LogP contribution >= 0.6 is 15.9 Å². The number of Topliss-reactive ketones (excluding diaryl/α,β-unsaturated/α-hetero) is 2. The highest BCUT2D eigenvalue weighted by Crippen LogP contribution is 2.16. The number of hydrogen-bond donors (Lipinski definition) is 0. The van der Waals surface area contributed by atoms with Crippen molar-refractivity contribution in [2.75, 3.05) is 5.33 Å². The number of alkyl halides is 1. The van der Waals surface area contributed by atoms with Crippen LogP contribution in [0.5, 0.6) is 0 Å². The number of rotatable bonds is 9. The summed E-state index contributed by atoms with van der Waals surface area (Å²) in [6.45, 7) is 3.30. The van der Waals surface area contributed by atoms with E-state index < -0.39 is 0 Å². The summed E-state index contributed by atoms with van der Waals surface area (Å²) >= 11 is 3.36. The summed E-state index contributed by atoms with van der Waals surface area (Å²) in [4.78, 5) is 21.9. The van der Waals surface area contributed by atoms with E-state index in [2.05, 4.69) is 15.9 Å². The maximum Gasteiger partial charge on any atom is 0.132 e. The first-order valence-electron chi connectivity index (χ1n) is 5.63. The second-order valence-corrected chi connectivity index (χ2v) is 4.88. The van der Waals surface area contributed by atoms with E-state index >= 15 is 0 Å². The average molecular weight is 277 g/mol. The number of hydrogen-bond acceptors (Lipinski definition) is 2. The van der Waals surface area contributed by atoms with Gasteiger partial charge < -0.3 is 4.79 Å². The summed E-state index contributed by atoms with van der Waals surface area (Å²) in [6.07, 6.45) is 5.68. The standard InChI is InChI=1S/C12H21BrO2/c1-10(14)6-4-3-5-7-12(8-9-13)11(2)15/h12H,3-9H2,1-2H3. The van der Waals surface area contributed by atoms with Gasteiger partial charge in [0.05, 0.1) is 0 Å². The summed E-state index contributed by atoms with van der Waals surface area (Å²) in [5.41, 5.74) is 0. The third-order valence-electron chi connectivity index (χ3n) is 2.61. The zero-order valence-electron chi connectivity index (χ0n) is 9.72. The second-order valence-electron chi connectivity index (χ2n) is 4.09. The van der Waals surface area contributed by atoms with Crippen LogP contribution in [-0.2, 0) is 9.59 Å². The number of halogens is 1. The molecule has 1 atom stereocenters. The monoisotopic (exact) mass is 276 g/mol. The van der Waals surface area contributed by atoms with Crippen molar-refractivity contribution < 1.29 is 9.59 Å². The zero-order valence-corrected chi connectivity index (χ0v) is 11.3. The molecular formula is C12H21BrO2. The van der Waals surface area contributed by atoms with Crippen molar-refractivity contribution in [3.05, 3.63) is 0 Å². The van der Waals surface area contributed by atoms with Gasteiger partial charge in [0, 0.05) is 17.7 Å². The number of unbranched alkanes of at least 4 members (excludes halogenated alkanes) is 2. The number of carbonyl (C=O) groups is 2. The fourth-order valence-electron chi connectivity index (χ4n) is 1.62. The van der Waals surface area contributed by atoms with Crippen molar-refractivity contribution in [3.63, 3.8) is 0 Å². The van der Waals surface area contributed by atoms with Gasteiger partial charge in [-0.05, 0) is 33.1 Å². The predicted octanol–water partition coefficient (Wildman–Crippen LogP) is 3.52. The molecule has 0 aromatic rings. The van der Waals surface area contributed by atoms with E-state index in [9.17, 15) is 9.59 Å². The molecule has 0 N–H and O–H groups in total. The minimum Gasteiger partial charge on any atom is -0.300 e. The van der Waals surface area contributed by atoms with Crippen LogP contribution in [0.15, 0.2) is 0 Å². The fourth-order valence-corrected chi connectivity index (χ4v) is 2.18. The van der Waals surface area contributed by atoms with Crippen molar-refractivity contribution in [2.24, 2.45) is 5.92 Å². The van der Waals surface area contributed by atoms with Crippen LogP contribution in [0.4, 0.5) is 0 Å². The Labute approximate surface area is 101 Å². The van der Waals surface area contributed by atoms with Crippen LogP contribution < -0.4 is 0 Å². The van der Waals surface area contributed by atoms with Crippen molar-refractivity contribution in [3.8, 4) is 0 Å². The van der Waals surface area contributed by atoms with Crippen molar-refractivity contribution >= 4 is 27.5 Å². The predicted molar refractivity (Wildman–Crippen MR) is 66.3 cm³/mol. The van der Waals surface area contributed by atoms with E-state index in [-0.39, 0.29) is 11.7 Å². The van der Waals surface area contributed by atoms with Crippen LogP contribution in [-0.4, -0.2) is 16.9 Å². The normalized spacial score (nSPS) is 12.5. The first kappa shape index (κ1) is 14.8. The van der Waals surface area contributed by atoms with Gasteiger partial charge in [0.25, 0.3) is 0 Å². The maximum atomic E-state index is 11.2. The number of ketones is 2. The molecule has 0 amide bonds.